The second kappa shape index (κ2) is 10.2. The maximum Gasteiger partial charge on any atom is 0.123 e. The monoisotopic (exact) mass is 409 g/mol. The molecule has 162 valence electrons. The van der Waals surface area contributed by atoms with Crippen LogP contribution < -0.4 is 9.64 Å². The van der Waals surface area contributed by atoms with Gasteiger partial charge in [-0.25, -0.2) is 0 Å². The molecule has 5 heteroatoms. The number of aromatic hydroxyl groups is 1. The molecule has 0 aliphatic carbocycles. The number of ether oxygens (including phenoxy) is 1. The first-order valence-electron chi connectivity index (χ1n) is 11.4. The molecule has 2 fully saturated rings. The minimum Gasteiger partial charge on any atom is -0.508 e. The van der Waals surface area contributed by atoms with Gasteiger partial charge >= 0.3 is 0 Å². The molecule has 2 saturated heterocycles. The van der Waals surface area contributed by atoms with Crippen LogP contribution >= 0.6 is 0 Å². The molecule has 2 aromatic carbocycles. The Hall–Kier alpha value is -2.24. The number of para-hydroxylation sites is 1. The molecule has 5 nitrogen and oxygen atoms in total. The summed E-state index contributed by atoms with van der Waals surface area (Å²) in [6.07, 6.45) is 2.67. The number of benzene rings is 2. The summed E-state index contributed by atoms with van der Waals surface area (Å²) in [5, 5.41) is 9.49. The van der Waals surface area contributed by atoms with Crippen LogP contribution in [-0.4, -0.2) is 67.3 Å². The van der Waals surface area contributed by atoms with Gasteiger partial charge in [-0.1, -0.05) is 25.1 Å². The lowest BCUT2D eigenvalue weighted by Crippen LogP contribution is -2.46. The standard InChI is InChI=1S/C25H35N3O2/c1-21-5-4-12-26(19-21)17-18-30-25-7-3-2-6-22(25)20-27-13-15-28(16-14-27)23-8-10-24(29)11-9-23/h2-3,6-11,21,29H,4-5,12-20H2,1H3. The molecule has 1 unspecified atom stereocenters. The van der Waals surface area contributed by atoms with Crippen molar-refractivity contribution in [1.29, 1.82) is 0 Å². The van der Waals surface area contributed by atoms with E-state index in [4.69, 9.17) is 4.74 Å². The lowest BCUT2D eigenvalue weighted by atomic mass is 10.0. The smallest absolute Gasteiger partial charge is 0.123 e. The van der Waals surface area contributed by atoms with Crippen LogP contribution in [-0.2, 0) is 6.54 Å². The molecule has 0 bridgehead atoms. The molecule has 2 aliphatic heterocycles. The highest BCUT2D eigenvalue weighted by molar-refractivity contribution is 5.49. The number of piperidine rings is 1. The summed E-state index contributed by atoms with van der Waals surface area (Å²) in [6.45, 7) is 11.5. The van der Waals surface area contributed by atoms with Crippen LogP contribution in [0.2, 0.25) is 0 Å². The molecule has 0 aromatic heterocycles. The number of hydrogen-bond acceptors (Lipinski definition) is 5. The van der Waals surface area contributed by atoms with Gasteiger partial charge in [0.05, 0.1) is 0 Å². The SMILES string of the molecule is CC1CCCN(CCOc2ccccc2CN2CCN(c3ccc(O)cc3)CC2)C1. The Morgan fingerprint density at radius 2 is 1.70 bits per heavy atom. The van der Waals surface area contributed by atoms with E-state index in [-0.39, 0.29) is 0 Å². The number of phenolic OH excluding ortho intramolecular Hbond substituents is 1. The van der Waals surface area contributed by atoms with Crippen molar-refractivity contribution in [3.63, 3.8) is 0 Å². The van der Waals surface area contributed by atoms with Crippen molar-refractivity contribution >= 4 is 5.69 Å². The Morgan fingerprint density at radius 3 is 2.47 bits per heavy atom. The van der Waals surface area contributed by atoms with Crippen molar-refractivity contribution in [1.82, 2.24) is 9.80 Å². The van der Waals surface area contributed by atoms with E-state index in [1.54, 1.807) is 12.1 Å². The number of likely N-dealkylation sites (tertiary alicyclic amines) is 1. The van der Waals surface area contributed by atoms with E-state index < -0.39 is 0 Å². The third-order valence-corrected chi connectivity index (χ3v) is 6.36. The summed E-state index contributed by atoms with van der Waals surface area (Å²) in [6, 6.07) is 16.0. The van der Waals surface area contributed by atoms with Gasteiger partial charge in [0, 0.05) is 57.1 Å². The molecule has 1 N–H and O–H groups in total. The van der Waals surface area contributed by atoms with E-state index in [0.29, 0.717) is 5.75 Å². The van der Waals surface area contributed by atoms with Gasteiger partial charge in [0.15, 0.2) is 0 Å². The quantitative estimate of drug-likeness (QED) is 0.753. The molecule has 30 heavy (non-hydrogen) atoms. The minimum atomic E-state index is 0.323. The number of anilines is 1. The van der Waals surface area contributed by atoms with Crippen molar-refractivity contribution in [3.05, 3.63) is 54.1 Å². The molecule has 0 amide bonds. The average molecular weight is 410 g/mol. The van der Waals surface area contributed by atoms with Crippen molar-refractivity contribution in [2.24, 2.45) is 5.92 Å². The predicted molar refractivity (Wildman–Crippen MR) is 122 cm³/mol. The van der Waals surface area contributed by atoms with E-state index >= 15 is 0 Å². The van der Waals surface area contributed by atoms with Gasteiger partial charge in [0.1, 0.15) is 18.1 Å². The lowest BCUT2D eigenvalue weighted by molar-refractivity contribution is 0.152. The summed E-state index contributed by atoms with van der Waals surface area (Å²) in [5.41, 5.74) is 2.46. The van der Waals surface area contributed by atoms with Gasteiger partial charge in [0.25, 0.3) is 0 Å². The molecule has 0 radical (unpaired) electrons. The number of phenols is 1. The van der Waals surface area contributed by atoms with Gasteiger partial charge in [0.2, 0.25) is 0 Å². The van der Waals surface area contributed by atoms with Crippen LogP contribution in [0.25, 0.3) is 0 Å². The van der Waals surface area contributed by atoms with Gasteiger partial charge in [-0.05, 0) is 55.6 Å². The van der Waals surface area contributed by atoms with E-state index in [1.165, 1.54) is 37.2 Å². The Labute approximate surface area is 180 Å². The lowest BCUT2D eigenvalue weighted by Gasteiger charge is -2.36. The summed E-state index contributed by atoms with van der Waals surface area (Å²) >= 11 is 0. The number of nitrogens with zero attached hydrogens (tertiary/aromatic N) is 3. The molecule has 1 atom stereocenters. The van der Waals surface area contributed by atoms with Crippen LogP contribution in [0.3, 0.4) is 0 Å². The maximum atomic E-state index is 9.49. The fourth-order valence-corrected chi connectivity index (χ4v) is 4.62. The highest BCUT2D eigenvalue weighted by atomic mass is 16.5. The fourth-order valence-electron chi connectivity index (χ4n) is 4.62. The summed E-state index contributed by atoms with van der Waals surface area (Å²) in [5.74, 6) is 2.17. The zero-order chi connectivity index (χ0) is 20.8. The van der Waals surface area contributed by atoms with Crippen LogP contribution in [0, 0.1) is 5.92 Å². The van der Waals surface area contributed by atoms with Gasteiger partial charge in [-0.2, -0.15) is 0 Å². The summed E-state index contributed by atoms with van der Waals surface area (Å²) in [4.78, 5) is 7.43. The number of piperazine rings is 1. The second-order valence-electron chi connectivity index (χ2n) is 8.78. The van der Waals surface area contributed by atoms with Crippen molar-refractivity contribution < 1.29 is 9.84 Å². The fraction of sp³-hybridized carbons (Fsp3) is 0.520. The van der Waals surface area contributed by atoms with Crippen molar-refractivity contribution in [2.45, 2.75) is 26.3 Å². The molecule has 4 rings (SSSR count). The molecule has 0 spiro atoms. The highest BCUT2D eigenvalue weighted by Crippen LogP contribution is 2.23. The molecular weight excluding hydrogens is 374 g/mol. The van der Waals surface area contributed by atoms with Crippen molar-refractivity contribution in [2.75, 3.05) is 57.3 Å². The third kappa shape index (κ3) is 5.67. The largest absolute Gasteiger partial charge is 0.508 e. The number of rotatable bonds is 7. The first kappa shape index (κ1) is 21.0. The van der Waals surface area contributed by atoms with Crippen LogP contribution in [0.15, 0.2) is 48.5 Å². The van der Waals surface area contributed by atoms with Gasteiger partial charge < -0.3 is 14.7 Å². The third-order valence-electron chi connectivity index (χ3n) is 6.36. The van der Waals surface area contributed by atoms with E-state index in [9.17, 15) is 5.11 Å². The maximum absolute atomic E-state index is 9.49. The second-order valence-corrected chi connectivity index (χ2v) is 8.78. The first-order chi connectivity index (χ1) is 14.7. The Kier molecular flexibility index (Phi) is 7.13. The Morgan fingerprint density at radius 1 is 0.933 bits per heavy atom. The van der Waals surface area contributed by atoms with Crippen LogP contribution in [0.5, 0.6) is 11.5 Å². The average Bonchev–Trinajstić information content (AvgIpc) is 2.76. The topological polar surface area (TPSA) is 39.2 Å². The summed E-state index contributed by atoms with van der Waals surface area (Å²) < 4.78 is 6.22. The van der Waals surface area contributed by atoms with E-state index in [0.717, 1.165) is 57.5 Å². The van der Waals surface area contributed by atoms with Gasteiger partial charge in [-0.15, -0.1) is 0 Å². The summed E-state index contributed by atoms with van der Waals surface area (Å²) in [7, 11) is 0. The molecule has 2 heterocycles. The minimum absolute atomic E-state index is 0.323. The Balaban J connectivity index is 1.26. The van der Waals surface area contributed by atoms with Gasteiger partial charge in [-0.3, -0.25) is 9.80 Å². The number of hydrogen-bond donors (Lipinski definition) is 1. The van der Waals surface area contributed by atoms with Crippen LogP contribution in [0.4, 0.5) is 5.69 Å². The van der Waals surface area contributed by atoms with Crippen LogP contribution in [0.1, 0.15) is 25.3 Å². The normalized spacial score (nSPS) is 21.0. The van der Waals surface area contributed by atoms with E-state index in [2.05, 4.69) is 45.9 Å². The van der Waals surface area contributed by atoms with E-state index in [1.807, 2.05) is 12.1 Å². The molecule has 2 aliphatic rings. The molecular formula is C25H35N3O2. The zero-order valence-corrected chi connectivity index (χ0v) is 18.2. The zero-order valence-electron chi connectivity index (χ0n) is 18.2. The molecule has 2 aromatic rings. The Bertz CT molecular complexity index is 787. The highest BCUT2D eigenvalue weighted by Gasteiger charge is 2.19. The first-order valence-corrected chi connectivity index (χ1v) is 11.4. The molecule has 0 saturated carbocycles. The van der Waals surface area contributed by atoms with Crippen molar-refractivity contribution in [3.8, 4) is 11.5 Å². The predicted octanol–water partition coefficient (Wildman–Crippen LogP) is 3.83.